The Hall–Kier alpha value is -3.98. The fourth-order valence-electron chi connectivity index (χ4n) is 5.70. The molecule has 0 spiro atoms. The summed E-state index contributed by atoms with van der Waals surface area (Å²) < 4.78 is 5.48. The molecule has 0 atom stereocenters. The second-order valence-electron chi connectivity index (χ2n) is 10.3. The van der Waals surface area contributed by atoms with Gasteiger partial charge in [0.2, 0.25) is 0 Å². The number of hydrogen-bond acceptors (Lipinski definition) is 5. The van der Waals surface area contributed by atoms with Gasteiger partial charge in [-0.1, -0.05) is 23.7 Å². The number of nitrogens with zero attached hydrogens (tertiary/aromatic N) is 6. The zero-order chi connectivity index (χ0) is 27.1. The number of fused-ring (bicyclic) bond motifs is 2. The summed E-state index contributed by atoms with van der Waals surface area (Å²) in [5.41, 5.74) is 4.41. The van der Waals surface area contributed by atoms with Gasteiger partial charge in [-0.25, -0.2) is 14.5 Å². The lowest BCUT2D eigenvalue weighted by atomic mass is 9.85. The Morgan fingerprint density at radius 1 is 1.05 bits per heavy atom. The number of nitrogens with one attached hydrogen (secondary N) is 1. The first-order chi connectivity index (χ1) is 18.9. The largest absolute Gasteiger partial charge is 0.349 e. The van der Waals surface area contributed by atoms with E-state index in [-0.39, 0.29) is 17.6 Å². The van der Waals surface area contributed by atoms with E-state index >= 15 is 0 Å². The minimum Gasteiger partial charge on any atom is -0.349 e. The number of aryl methyl sites for hydroxylation is 2. The molecule has 1 aromatic carbocycles. The highest BCUT2D eigenvalue weighted by Gasteiger charge is 2.26. The molecule has 1 amide bonds. The van der Waals surface area contributed by atoms with Crippen molar-refractivity contribution in [2.75, 3.05) is 0 Å². The third kappa shape index (κ3) is 4.71. The molecule has 200 valence electrons. The van der Waals surface area contributed by atoms with Gasteiger partial charge in [-0.15, -0.1) is 0 Å². The van der Waals surface area contributed by atoms with Gasteiger partial charge in [-0.2, -0.15) is 5.10 Å². The van der Waals surface area contributed by atoms with E-state index in [4.69, 9.17) is 11.6 Å². The molecule has 1 aliphatic rings. The second kappa shape index (κ2) is 10.3. The summed E-state index contributed by atoms with van der Waals surface area (Å²) in [6, 6.07) is 11.6. The predicted molar refractivity (Wildman–Crippen MR) is 151 cm³/mol. The van der Waals surface area contributed by atoms with Crippen LogP contribution in [-0.4, -0.2) is 40.8 Å². The molecule has 39 heavy (non-hydrogen) atoms. The van der Waals surface area contributed by atoms with Crippen LogP contribution in [0.5, 0.6) is 0 Å². The van der Waals surface area contributed by atoms with Crippen molar-refractivity contribution in [3.63, 3.8) is 0 Å². The second-order valence-corrected chi connectivity index (χ2v) is 10.7. The average molecular weight is 544 g/mol. The molecule has 1 fully saturated rings. The molecule has 0 unspecified atom stereocenters. The first-order valence-corrected chi connectivity index (χ1v) is 13.8. The standard InChI is InChI=1S/C29H30ClN7O2/c1-3-36-27-20(14-33-36)12-23(16-32-27)37-26-7-5-4-6-25(26)35(29(37)39)17-19-8-10-22(11-9-19)34-28(38)24-13-21(30)15-31-18(24)2/h4-7,12-16,19,22H,3,8-11,17H2,1-2H3,(H,34,38)/t19-,22-. The van der Waals surface area contributed by atoms with E-state index in [0.717, 1.165) is 60.0 Å². The van der Waals surface area contributed by atoms with Crippen LogP contribution in [0.15, 0.2) is 59.8 Å². The van der Waals surface area contributed by atoms with Crippen molar-refractivity contribution in [2.24, 2.45) is 5.92 Å². The highest BCUT2D eigenvalue weighted by atomic mass is 35.5. The van der Waals surface area contributed by atoms with Gasteiger partial charge in [0.1, 0.15) is 0 Å². The molecule has 0 bridgehead atoms. The minimum atomic E-state index is -0.139. The summed E-state index contributed by atoms with van der Waals surface area (Å²) in [5, 5.41) is 8.90. The monoisotopic (exact) mass is 543 g/mol. The molecule has 0 saturated heterocycles. The Balaban J connectivity index is 1.21. The summed E-state index contributed by atoms with van der Waals surface area (Å²) >= 11 is 6.05. The van der Waals surface area contributed by atoms with E-state index in [1.165, 1.54) is 0 Å². The maximum atomic E-state index is 13.8. The molecular weight excluding hydrogens is 514 g/mol. The van der Waals surface area contributed by atoms with Gasteiger partial charge < -0.3 is 5.32 Å². The Bertz CT molecular complexity index is 1740. The van der Waals surface area contributed by atoms with Crippen molar-refractivity contribution >= 4 is 39.6 Å². The lowest BCUT2D eigenvalue weighted by molar-refractivity contribution is 0.0919. The van der Waals surface area contributed by atoms with Gasteiger partial charge in [-0.3, -0.25) is 18.9 Å². The number of para-hydroxylation sites is 2. The molecule has 4 aromatic heterocycles. The predicted octanol–water partition coefficient (Wildman–Crippen LogP) is 4.90. The molecule has 1 saturated carbocycles. The molecule has 5 aromatic rings. The van der Waals surface area contributed by atoms with Gasteiger partial charge in [0.05, 0.1) is 45.4 Å². The molecule has 9 nitrogen and oxygen atoms in total. The summed E-state index contributed by atoms with van der Waals surface area (Å²) in [7, 11) is 0. The highest BCUT2D eigenvalue weighted by Crippen LogP contribution is 2.28. The maximum Gasteiger partial charge on any atom is 0.333 e. The third-order valence-electron chi connectivity index (χ3n) is 7.78. The SMILES string of the molecule is CCn1ncc2cc(-n3c(=O)n(C[C@H]4CC[C@H](NC(=O)c5cc(Cl)cnc5C)CC4)c4ccccc43)cnc21. The van der Waals surface area contributed by atoms with E-state index in [1.54, 1.807) is 29.2 Å². The summed E-state index contributed by atoms with van der Waals surface area (Å²) in [6.07, 6.45) is 8.66. The van der Waals surface area contributed by atoms with E-state index < -0.39 is 0 Å². The van der Waals surface area contributed by atoms with E-state index in [9.17, 15) is 9.59 Å². The Morgan fingerprint density at radius 2 is 1.82 bits per heavy atom. The van der Waals surface area contributed by atoms with Crippen molar-refractivity contribution in [1.29, 1.82) is 0 Å². The fourth-order valence-corrected chi connectivity index (χ4v) is 5.85. The first kappa shape index (κ1) is 25.3. The van der Waals surface area contributed by atoms with Crippen molar-refractivity contribution < 1.29 is 4.79 Å². The van der Waals surface area contributed by atoms with Crippen LogP contribution in [-0.2, 0) is 13.1 Å². The molecule has 4 heterocycles. The van der Waals surface area contributed by atoms with Gasteiger partial charge in [0, 0.05) is 30.7 Å². The molecule has 6 rings (SSSR count). The summed E-state index contributed by atoms with van der Waals surface area (Å²) in [4.78, 5) is 35.4. The van der Waals surface area contributed by atoms with E-state index in [0.29, 0.717) is 28.7 Å². The zero-order valence-electron chi connectivity index (χ0n) is 22.0. The van der Waals surface area contributed by atoms with Gasteiger partial charge in [0.15, 0.2) is 5.65 Å². The number of aromatic nitrogens is 6. The normalized spacial score (nSPS) is 17.6. The smallest absolute Gasteiger partial charge is 0.333 e. The molecule has 0 aliphatic heterocycles. The zero-order valence-corrected chi connectivity index (χ0v) is 22.7. The van der Waals surface area contributed by atoms with Gasteiger partial charge in [0.25, 0.3) is 5.91 Å². The molecule has 0 radical (unpaired) electrons. The highest BCUT2D eigenvalue weighted by molar-refractivity contribution is 6.30. The molecule has 10 heteroatoms. The van der Waals surface area contributed by atoms with Gasteiger partial charge in [-0.05, 0) is 69.7 Å². The number of rotatable bonds is 6. The van der Waals surface area contributed by atoms with E-state index in [1.807, 2.05) is 53.4 Å². The van der Waals surface area contributed by atoms with Crippen molar-refractivity contribution in [2.45, 2.75) is 58.7 Å². The van der Waals surface area contributed by atoms with E-state index in [2.05, 4.69) is 20.4 Å². The molecule has 1 aliphatic carbocycles. The van der Waals surface area contributed by atoms with Crippen LogP contribution in [0.25, 0.3) is 27.8 Å². The summed E-state index contributed by atoms with van der Waals surface area (Å²) in [5.74, 6) is 0.202. The maximum absolute atomic E-state index is 13.8. The minimum absolute atomic E-state index is 0.0698. The van der Waals surface area contributed by atoms with Crippen molar-refractivity contribution in [3.8, 4) is 5.69 Å². The number of hydrogen-bond donors (Lipinski definition) is 1. The van der Waals surface area contributed by atoms with Crippen LogP contribution in [0.2, 0.25) is 5.02 Å². The fraction of sp³-hybridized carbons (Fsp3) is 0.345. The number of carbonyl (C=O) groups is 1. The number of imidazole rings is 1. The number of benzene rings is 1. The average Bonchev–Trinajstić information content (AvgIpc) is 3.48. The molecule has 1 N–H and O–H groups in total. The number of halogens is 1. The van der Waals surface area contributed by atoms with Crippen LogP contribution < -0.4 is 11.0 Å². The Labute approximate surface area is 230 Å². The summed E-state index contributed by atoms with van der Waals surface area (Å²) in [6.45, 7) is 5.20. The quantitative estimate of drug-likeness (QED) is 0.328. The van der Waals surface area contributed by atoms with Crippen LogP contribution in [0.4, 0.5) is 0 Å². The first-order valence-electron chi connectivity index (χ1n) is 13.4. The van der Waals surface area contributed by atoms with Crippen LogP contribution in [0, 0.1) is 12.8 Å². The molecular formula is C29H30ClN7O2. The Morgan fingerprint density at radius 3 is 2.59 bits per heavy atom. The van der Waals surface area contributed by atoms with Crippen LogP contribution in [0.1, 0.15) is 48.7 Å². The van der Waals surface area contributed by atoms with Crippen molar-refractivity contribution in [3.05, 3.63) is 81.8 Å². The Kier molecular flexibility index (Phi) is 6.68. The lowest BCUT2D eigenvalue weighted by Crippen LogP contribution is -2.39. The van der Waals surface area contributed by atoms with Crippen molar-refractivity contribution in [1.82, 2.24) is 34.2 Å². The third-order valence-corrected chi connectivity index (χ3v) is 7.98. The lowest BCUT2D eigenvalue weighted by Gasteiger charge is -2.29. The number of pyridine rings is 2. The van der Waals surface area contributed by atoms with Crippen LogP contribution >= 0.6 is 11.6 Å². The topological polar surface area (TPSA) is 99.6 Å². The van der Waals surface area contributed by atoms with Crippen LogP contribution in [0.3, 0.4) is 0 Å². The number of amides is 1. The number of carbonyl (C=O) groups excluding carboxylic acids is 1. The van der Waals surface area contributed by atoms with Gasteiger partial charge >= 0.3 is 5.69 Å².